The Kier molecular flexibility index (Phi) is 4.53. The number of allylic oxidation sites excluding steroid dienone is 1. The Morgan fingerprint density at radius 2 is 2.04 bits per heavy atom. The van der Waals surface area contributed by atoms with Crippen LogP contribution in [0.25, 0.3) is 0 Å². The zero-order valence-electron chi connectivity index (χ0n) is 14.4. The highest BCUT2D eigenvalue weighted by Crippen LogP contribution is 2.44. The smallest absolute Gasteiger partial charge is 0.261 e. The van der Waals surface area contributed by atoms with Gasteiger partial charge in [0.1, 0.15) is 0 Å². The van der Waals surface area contributed by atoms with Crippen LogP contribution in [0.3, 0.4) is 0 Å². The fraction of sp³-hybridized carbons (Fsp3) is 0.286. The van der Waals surface area contributed by atoms with Crippen LogP contribution in [0.2, 0.25) is 0 Å². The highest BCUT2D eigenvalue weighted by molar-refractivity contribution is 8.04. The minimum absolute atomic E-state index is 0.00171. The lowest BCUT2D eigenvalue weighted by molar-refractivity contribution is -0.112. The van der Waals surface area contributed by atoms with Crippen molar-refractivity contribution in [1.82, 2.24) is 0 Å². The molecule has 2 aromatic carbocycles. The third-order valence-corrected chi connectivity index (χ3v) is 6.23. The molecule has 0 spiro atoms. The molecule has 1 N–H and O–H groups in total. The molecule has 0 radical (unpaired) electrons. The van der Waals surface area contributed by atoms with Gasteiger partial charge in [-0.05, 0) is 42.5 Å². The number of carbonyl (C=O) groups is 1. The first-order chi connectivity index (χ1) is 12.2. The van der Waals surface area contributed by atoms with Crippen LogP contribution in [0.15, 0.2) is 59.5 Å². The van der Waals surface area contributed by atoms with Crippen LogP contribution in [0.1, 0.15) is 29.2 Å². The van der Waals surface area contributed by atoms with E-state index >= 15 is 0 Å². The predicted molar refractivity (Wildman–Crippen MR) is 106 cm³/mol. The maximum Gasteiger partial charge on any atom is 0.261 e. The second kappa shape index (κ2) is 6.96. The second-order valence-corrected chi connectivity index (χ2v) is 7.89. The van der Waals surface area contributed by atoms with Crippen molar-refractivity contribution in [3.63, 3.8) is 0 Å². The van der Waals surface area contributed by atoms with Gasteiger partial charge in [-0.1, -0.05) is 42.5 Å². The summed E-state index contributed by atoms with van der Waals surface area (Å²) >= 11 is 1.66. The summed E-state index contributed by atoms with van der Waals surface area (Å²) in [5.74, 6) is 0.00171. The van der Waals surface area contributed by atoms with Crippen molar-refractivity contribution in [1.29, 1.82) is 0 Å². The zero-order valence-corrected chi connectivity index (χ0v) is 15.2. The molecular weight excluding hydrogens is 328 g/mol. The van der Waals surface area contributed by atoms with E-state index in [1.165, 1.54) is 23.2 Å². The van der Waals surface area contributed by atoms with Crippen molar-refractivity contribution in [3.05, 3.63) is 70.6 Å². The normalized spacial score (nSPS) is 19.3. The number of hydrogen-bond donors (Lipinski definition) is 1. The van der Waals surface area contributed by atoms with E-state index in [0.29, 0.717) is 5.25 Å². The number of fused-ring (bicyclic) bond motifs is 1. The van der Waals surface area contributed by atoms with Crippen molar-refractivity contribution in [3.8, 4) is 0 Å². The number of hydrogen-bond acceptors (Lipinski definition) is 3. The molecule has 25 heavy (non-hydrogen) atoms. The fourth-order valence-corrected chi connectivity index (χ4v) is 4.65. The van der Waals surface area contributed by atoms with Crippen molar-refractivity contribution in [2.75, 3.05) is 23.8 Å². The Balaban J connectivity index is 1.44. The van der Waals surface area contributed by atoms with Crippen LogP contribution in [0.5, 0.6) is 0 Å². The number of amides is 1. The van der Waals surface area contributed by atoms with Gasteiger partial charge in [-0.2, -0.15) is 0 Å². The van der Waals surface area contributed by atoms with E-state index in [0.717, 1.165) is 30.0 Å². The quantitative estimate of drug-likeness (QED) is 0.865. The largest absolute Gasteiger partial charge is 0.374 e. The molecule has 2 aromatic rings. The third kappa shape index (κ3) is 3.45. The van der Waals surface area contributed by atoms with Gasteiger partial charge in [0.05, 0.1) is 4.91 Å². The van der Waals surface area contributed by atoms with Crippen LogP contribution in [0, 0.1) is 0 Å². The van der Waals surface area contributed by atoms with Gasteiger partial charge in [-0.25, -0.2) is 0 Å². The Labute approximate surface area is 153 Å². The van der Waals surface area contributed by atoms with Gasteiger partial charge in [0.15, 0.2) is 0 Å². The summed E-state index contributed by atoms with van der Waals surface area (Å²) in [6, 6.07) is 16.7. The summed E-state index contributed by atoms with van der Waals surface area (Å²) in [7, 11) is 2.11. The average Bonchev–Trinajstić information content (AvgIpc) is 3.13. The van der Waals surface area contributed by atoms with Crippen LogP contribution in [-0.4, -0.2) is 19.5 Å². The first-order valence-electron chi connectivity index (χ1n) is 8.78. The van der Waals surface area contributed by atoms with E-state index < -0.39 is 0 Å². The van der Waals surface area contributed by atoms with E-state index in [4.69, 9.17) is 0 Å². The first kappa shape index (κ1) is 16.3. The summed E-state index contributed by atoms with van der Waals surface area (Å²) in [6.07, 6.45) is 5.28. The number of thioether (sulfide) groups is 1. The topological polar surface area (TPSA) is 32.3 Å². The van der Waals surface area contributed by atoms with Gasteiger partial charge in [0.25, 0.3) is 5.91 Å². The molecule has 0 saturated carbocycles. The molecule has 1 amide bonds. The van der Waals surface area contributed by atoms with E-state index in [9.17, 15) is 4.79 Å². The minimum atomic E-state index is 0.00171. The highest BCUT2D eigenvalue weighted by Gasteiger charge is 2.24. The molecule has 2 aliphatic heterocycles. The van der Waals surface area contributed by atoms with Gasteiger partial charge in [-0.15, -0.1) is 11.8 Å². The minimum Gasteiger partial charge on any atom is -0.374 e. The van der Waals surface area contributed by atoms with E-state index in [1.54, 1.807) is 11.8 Å². The van der Waals surface area contributed by atoms with Crippen molar-refractivity contribution >= 4 is 29.0 Å². The van der Waals surface area contributed by atoms with Crippen LogP contribution in [-0.2, 0) is 11.2 Å². The molecule has 0 fully saturated rings. The monoisotopic (exact) mass is 350 g/mol. The number of anilines is 2. The lowest BCUT2D eigenvalue weighted by atomic mass is 10.0. The van der Waals surface area contributed by atoms with Crippen molar-refractivity contribution in [2.45, 2.75) is 24.5 Å². The molecule has 0 bridgehead atoms. The van der Waals surface area contributed by atoms with Crippen molar-refractivity contribution in [2.24, 2.45) is 0 Å². The Morgan fingerprint density at radius 3 is 2.88 bits per heavy atom. The van der Waals surface area contributed by atoms with Gasteiger partial charge in [0, 0.05) is 30.2 Å². The number of nitrogens with zero attached hydrogens (tertiary/aromatic N) is 1. The molecule has 3 nitrogen and oxygen atoms in total. The summed E-state index contributed by atoms with van der Waals surface area (Å²) in [5, 5.41) is 3.42. The third-order valence-electron chi connectivity index (χ3n) is 4.88. The molecule has 2 aliphatic rings. The Bertz CT molecular complexity index is 816. The second-order valence-electron chi connectivity index (χ2n) is 6.64. The number of benzene rings is 2. The summed E-state index contributed by atoms with van der Waals surface area (Å²) in [5.41, 5.74) is 4.76. The van der Waals surface area contributed by atoms with Crippen LogP contribution in [0.4, 0.5) is 11.4 Å². The predicted octanol–water partition coefficient (Wildman–Crippen LogP) is 4.77. The molecule has 4 heteroatoms. The summed E-state index contributed by atoms with van der Waals surface area (Å²) < 4.78 is 0. The Hall–Kier alpha value is -2.20. The zero-order chi connectivity index (χ0) is 17.2. The molecule has 4 rings (SSSR count). The SMILES string of the molecule is CN1CCCc2ccc(NC(=O)C3=CCC(c4ccccc4)S3)cc21. The maximum absolute atomic E-state index is 12.6. The first-order valence-corrected chi connectivity index (χ1v) is 9.66. The molecule has 0 aliphatic carbocycles. The van der Waals surface area contributed by atoms with Crippen LogP contribution >= 0.6 is 11.8 Å². The highest BCUT2D eigenvalue weighted by atomic mass is 32.2. The molecule has 1 atom stereocenters. The average molecular weight is 350 g/mol. The Morgan fingerprint density at radius 1 is 1.20 bits per heavy atom. The molecule has 1 unspecified atom stereocenters. The van der Waals surface area contributed by atoms with Crippen LogP contribution < -0.4 is 10.2 Å². The number of carbonyl (C=O) groups excluding carboxylic acids is 1. The molecule has 2 heterocycles. The molecule has 128 valence electrons. The summed E-state index contributed by atoms with van der Waals surface area (Å²) in [6.45, 7) is 1.07. The molecule has 0 saturated heterocycles. The lowest BCUT2D eigenvalue weighted by Gasteiger charge is -2.28. The maximum atomic E-state index is 12.6. The van der Waals surface area contributed by atoms with Gasteiger partial charge in [-0.3, -0.25) is 4.79 Å². The van der Waals surface area contributed by atoms with E-state index in [2.05, 4.69) is 59.7 Å². The van der Waals surface area contributed by atoms with Gasteiger partial charge < -0.3 is 10.2 Å². The standard InChI is InChI=1S/C21H22N2OS/c1-23-13-5-8-15-9-10-17(14-18(15)23)22-21(24)20-12-11-19(25-20)16-6-3-2-4-7-16/h2-4,6-7,9-10,12,14,19H,5,8,11,13H2,1H3,(H,22,24). The van der Waals surface area contributed by atoms with Crippen molar-refractivity contribution < 1.29 is 4.79 Å². The number of aryl methyl sites for hydroxylation is 1. The van der Waals surface area contributed by atoms with E-state index in [1.807, 2.05) is 12.1 Å². The fourth-order valence-electron chi connectivity index (χ4n) is 3.51. The summed E-state index contributed by atoms with van der Waals surface area (Å²) in [4.78, 5) is 15.7. The van der Waals surface area contributed by atoms with Gasteiger partial charge in [0.2, 0.25) is 0 Å². The molecular formula is C21H22N2OS. The van der Waals surface area contributed by atoms with Gasteiger partial charge >= 0.3 is 0 Å². The molecule has 0 aromatic heterocycles. The van der Waals surface area contributed by atoms with E-state index in [-0.39, 0.29) is 5.91 Å². The number of rotatable bonds is 3. The number of nitrogens with one attached hydrogen (secondary N) is 1. The lowest BCUT2D eigenvalue weighted by Crippen LogP contribution is -2.24.